The minimum absolute atomic E-state index is 0.0443. The molecule has 0 atom stereocenters. The molecular formula is C22H22Cl2N4O5S2. The lowest BCUT2D eigenvalue weighted by atomic mass is 9.86. The van der Waals surface area contributed by atoms with Crippen molar-refractivity contribution >= 4 is 47.6 Å². The fraction of sp³-hybridized carbons (Fsp3) is 0.273. The monoisotopic (exact) mass is 556 g/mol. The molecule has 0 saturated carbocycles. The standard InChI is InChI=1S/C22H22Cl2N4O5S2/c1-6-7-33-16-11(23)8-10(9-12(16)24)13(14-17(29)25(2)21(34)26(3)18(14)30)15-19(31)27(4)22(35)28(5)20(15)32/h6,8-9,13,29,31H,1,7H2,2-5H3. The number of aromatic hydroxyl groups is 2. The summed E-state index contributed by atoms with van der Waals surface area (Å²) in [5, 5.41) is 22.2. The van der Waals surface area contributed by atoms with Gasteiger partial charge in [0.2, 0.25) is 11.8 Å². The number of hydrogen-bond acceptors (Lipinski definition) is 7. The summed E-state index contributed by atoms with van der Waals surface area (Å²) in [4.78, 5) is 26.8. The number of ether oxygens (including phenoxy) is 1. The maximum absolute atomic E-state index is 13.4. The van der Waals surface area contributed by atoms with Crippen LogP contribution in [0.15, 0.2) is 34.4 Å². The molecule has 2 heterocycles. The number of hydrogen-bond donors (Lipinski definition) is 2. The average Bonchev–Trinajstić information content (AvgIpc) is 2.82. The lowest BCUT2D eigenvalue weighted by molar-refractivity contribution is 0.363. The van der Waals surface area contributed by atoms with Gasteiger partial charge in [0.1, 0.15) is 6.61 Å². The van der Waals surface area contributed by atoms with Crippen molar-refractivity contribution < 1.29 is 14.9 Å². The van der Waals surface area contributed by atoms with Crippen molar-refractivity contribution in [2.75, 3.05) is 6.61 Å². The van der Waals surface area contributed by atoms with E-state index < -0.39 is 28.8 Å². The van der Waals surface area contributed by atoms with Crippen molar-refractivity contribution in [2.45, 2.75) is 5.92 Å². The van der Waals surface area contributed by atoms with Gasteiger partial charge in [0, 0.05) is 28.2 Å². The van der Waals surface area contributed by atoms with Gasteiger partial charge in [-0.25, -0.2) is 0 Å². The topological polar surface area (TPSA) is 104 Å². The van der Waals surface area contributed by atoms with E-state index in [1.807, 2.05) is 0 Å². The minimum atomic E-state index is -1.31. The molecule has 2 N–H and O–H groups in total. The highest BCUT2D eigenvalue weighted by atomic mass is 35.5. The second-order valence-corrected chi connectivity index (χ2v) is 9.28. The molecule has 0 aliphatic rings. The summed E-state index contributed by atoms with van der Waals surface area (Å²) in [6.45, 7) is 3.72. The maximum Gasteiger partial charge on any atom is 0.262 e. The van der Waals surface area contributed by atoms with Gasteiger partial charge in [0.15, 0.2) is 15.3 Å². The molecule has 0 amide bonds. The molecule has 3 aromatic rings. The van der Waals surface area contributed by atoms with Crippen LogP contribution in [0.25, 0.3) is 0 Å². The van der Waals surface area contributed by atoms with Crippen molar-refractivity contribution in [1.29, 1.82) is 0 Å². The van der Waals surface area contributed by atoms with Crippen molar-refractivity contribution in [1.82, 2.24) is 18.3 Å². The zero-order chi connectivity index (χ0) is 26.4. The molecule has 1 aromatic carbocycles. The summed E-state index contributed by atoms with van der Waals surface area (Å²) in [6, 6.07) is 2.88. The van der Waals surface area contributed by atoms with Crippen molar-refractivity contribution in [3.8, 4) is 17.5 Å². The van der Waals surface area contributed by atoms with E-state index >= 15 is 0 Å². The van der Waals surface area contributed by atoms with Gasteiger partial charge in [-0.1, -0.05) is 35.9 Å². The van der Waals surface area contributed by atoms with E-state index in [0.717, 1.165) is 9.13 Å². The molecule has 3 rings (SSSR count). The summed E-state index contributed by atoms with van der Waals surface area (Å²) < 4.78 is 10.3. The number of nitrogens with zero attached hydrogens (tertiary/aromatic N) is 4. The first-order valence-electron chi connectivity index (χ1n) is 10.0. The molecule has 0 spiro atoms. The van der Waals surface area contributed by atoms with Crippen molar-refractivity contribution in [3.63, 3.8) is 0 Å². The van der Waals surface area contributed by atoms with Crippen molar-refractivity contribution in [2.24, 2.45) is 28.2 Å². The number of rotatable bonds is 6. The molecule has 0 aliphatic carbocycles. The van der Waals surface area contributed by atoms with E-state index in [0.29, 0.717) is 0 Å². The number of aromatic nitrogens is 4. The van der Waals surface area contributed by atoms with Crippen LogP contribution in [0.5, 0.6) is 17.5 Å². The molecular weight excluding hydrogens is 535 g/mol. The normalized spacial score (nSPS) is 11.2. The van der Waals surface area contributed by atoms with Crippen LogP contribution in [0, 0.1) is 9.54 Å². The molecule has 35 heavy (non-hydrogen) atoms. The van der Waals surface area contributed by atoms with E-state index in [2.05, 4.69) is 6.58 Å². The first kappa shape index (κ1) is 26.7. The smallest absolute Gasteiger partial charge is 0.262 e. The first-order chi connectivity index (χ1) is 16.3. The Kier molecular flexibility index (Phi) is 7.65. The fourth-order valence-corrected chi connectivity index (χ4v) is 4.68. The third-order valence-electron chi connectivity index (χ3n) is 5.61. The van der Waals surface area contributed by atoms with E-state index in [4.69, 9.17) is 52.4 Å². The highest BCUT2D eigenvalue weighted by Crippen LogP contribution is 2.42. The van der Waals surface area contributed by atoms with Gasteiger partial charge in [0.25, 0.3) is 11.1 Å². The quantitative estimate of drug-likeness (QED) is 0.352. The number of halogens is 2. The molecule has 0 aliphatic heterocycles. The molecule has 0 fully saturated rings. The molecule has 0 saturated heterocycles. The van der Waals surface area contributed by atoms with Gasteiger partial charge in [-0.15, -0.1) is 0 Å². The highest BCUT2D eigenvalue weighted by Gasteiger charge is 2.33. The summed E-state index contributed by atoms with van der Waals surface area (Å²) in [5.41, 5.74) is -1.57. The second-order valence-electron chi connectivity index (χ2n) is 7.73. The van der Waals surface area contributed by atoms with Gasteiger partial charge in [-0.3, -0.25) is 27.9 Å². The number of benzene rings is 1. The van der Waals surface area contributed by atoms with Crippen LogP contribution in [0.4, 0.5) is 0 Å². The van der Waals surface area contributed by atoms with E-state index in [-0.39, 0.29) is 48.6 Å². The summed E-state index contributed by atoms with van der Waals surface area (Å²) in [6.07, 6.45) is 1.51. The Bertz CT molecular complexity index is 1500. The highest BCUT2D eigenvalue weighted by molar-refractivity contribution is 7.71. The zero-order valence-electron chi connectivity index (χ0n) is 19.2. The Morgan fingerprint density at radius 1 is 0.914 bits per heavy atom. The van der Waals surface area contributed by atoms with E-state index in [1.54, 1.807) is 0 Å². The van der Waals surface area contributed by atoms with Crippen LogP contribution in [0.2, 0.25) is 10.0 Å². The van der Waals surface area contributed by atoms with Gasteiger partial charge < -0.3 is 14.9 Å². The molecule has 0 radical (unpaired) electrons. The van der Waals surface area contributed by atoms with Crippen LogP contribution >= 0.6 is 47.6 Å². The van der Waals surface area contributed by atoms with E-state index in [1.165, 1.54) is 55.5 Å². The third kappa shape index (κ3) is 4.44. The Hall–Kier alpha value is -2.86. The lowest BCUT2D eigenvalue weighted by Gasteiger charge is -2.24. The van der Waals surface area contributed by atoms with Crippen LogP contribution < -0.4 is 15.9 Å². The summed E-state index contributed by atoms with van der Waals surface area (Å²) >= 11 is 23.3. The minimum Gasteiger partial charge on any atom is -0.494 e. The predicted octanol–water partition coefficient (Wildman–Crippen LogP) is 3.68. The molecule has 186 valence electrons. The largest absolute Gasteiger partial charge is 0.494 e. The van der Waals surface area contributed by atoms with Gasteiger partial charge in [0.05, 0.1) is 27.1 Å². The zero-order valence-corrected chi connectivity index (χ0v) is 22.3. The second kappa shape index (κ2) is 10.0. The Morgan fingerprint density at radius 3 is 1.69 bits per heavy atom. The fourth-order valence-electron chi connectivity index (χ4n) is 3.73. The van der Waals surface area contributed by atoms with Crippen LogP contribution in [-0.4, -0.2) is 35.1 Å². The third-order valence-corrected chi connectivity index (χ3v) is 7.27. The summed E-state index contributed by atoms with van der Waals surface area (Å²) in [5.74, 6) is -2.12. The molecule has 0 unspecified atom stereocenters. The Morgan fingerprint density at radius 2 is 1.31 bits per heavy atom. The van der Waals surface area contributed by atoms with Crippen LogP contribution in [0.1, 0.15) is 22.6 Å². The maximum atomic E-state index is 13.4. The Balaban J connectivity index is 2.54. The molecule has 13 heteroatoms. The lowest BCUT2D eigenvalue weighted by Crippen LogP contribution is -2.33. The Labute approximate surface area is 220 Å². The van der Waals surface area contributed by atoms with Crippen LogP contribution in [-0.2, 0) is 28.2 Å². The van der Waals surface area contributed by atoms with Crippen molar-refractivity contribution in [3.05, 3.63) is 81.8 Å². The molecule has 2 aromatic heterocycles. The van der Waals surface area contributed by atoms with Gasteiger partial charge in [-0.2, -0.15) is 0 Å². The van der Waals surface area contributed by atoms with E-state index in [9.17, 15) is 19.8 Å². The SMILES string of the molecule is C=CCOc1c(Cl)cc(C(c2c(O)n(C)c(=S)n(C)c2=O)c2c(O)n(C)c(=S)n(C)c2=O)cc1Cl. The van der Waals surface area contributed by atoms with Gasteiger partial charge in [-0.05, 0) is 42.1 Å². The van der Waals surface area contributed by atoms with Gasteiger partial charge >= 0.3 is 0 Å². The first-order valence-corrected chi connectivity index (χ1v) is 11.6. The average molecular weight is 557 g/mol. The van der Waals surface area contributed by atoms with Crippen LogP contribution in [0.3, 0.4) is 0 Å². The predicted molar refractivity (Wildman–Crippen MR) is 139 cm³/mol. The molecule has 9 nitrogen and oxygen atoms in total. The summed E-state index contributed by atoms with van der Waals surface area (Å²) in [7, 11) is 5.80. The molecule has 0 bridgehead atoms.